The van der Waals surface area contributed by atoms with Crippen molar-refractivity contribution in [3.63, 3.8) is 0 Å². The van der Waals surface area contributed by atoms with Gasteiger partial charge in [0.15, 0.2) is 6.10 Å². The van der Waals surface area contributed by atoms with Crippen LogP contribution in [0.2, 0.25) is 15.1 Å². The van der Waals surface area contributed by atoms with Crippen LogP contribution in [-0.4, -0.2) is 27.4 Å². The van der Waals surface area contributed by atoms with E-state index in [1.807, 2.05) is 0 Å². The summed E-state index contributed by atoms with van der Waals surface area (Å²) < 4.78 is 0. The molecule has 0 heterocycles. The number of carboxylic acid groups (broad SMARTS) is 1. The normalized spacial score (nSPS) is 14.6. The van der Waals surface area contributed by atoms with Crippen molar-refractivity contribution in [1.82, 2.24) is 0 Å². The van der Waals surface area contributed by atoms with Gasteiger partial charge in [-0.1, -0.05) is 34.8 Å². The molecule has 3 N–H and O–H groups in total. The molecule has 7 heteroatoms. The lowest BCUT2D eigenvalue weighted by Crippen LogP contribution is -2.27. The molecule has 16 heavy (non-hydrogen) atoms. The highest BCUT2D eigenvalue weighted by atomic mass is 35.5. The molecule has 1 aromatic rings. The number of hydrogen-bond donors (Lipinski definition) is 3. The molecule has 2 unspecified atom stereocenters. The summed E-state index contributed by atoms with van der Waals surface area (Å²) in [6.07, 6.45) is -3.64. The van der Waals surface area contributed by atoms with Gasteiger partial charge >= 0.3 is 5.97 Å². The summed E-state index contributed by atoms with van der Waals surface area (Å²) in [5.74, 6) is -1.56. The number of hydrogen-bond acceptors (Lipinski definition) is 3. The summed E-state index contributed by atoms with van der Waals surface area (Å²) in [4.78, 5) is 10.5. The van der Waals surface area contributed by atoms with Gasteiger partial charge in [0, 0.05) is 10.6 Å². The number of carbonyl (C=O) groups is 1. The Morgan fingerprint density at radius 2 is 1.56 bits per heavy atom. The van der Waals surface area contributed by atoms with Crippen molar-refractivity contribution < 1.29 is 20.1 Å². The number of carboxylic acids is 1. The highest BCUT2D eigenvalue weighted by Gasteiger charge is 2.27. The van der Waals surface area contributed by atoms with Crippen LogP contribution in [0.25, 0.3) is 0 Å². The number of aliphatic hydroxyl groups is 2. The molecule has 4 nitrogen and oxygen atoms in total. The summed E-state index contributed by atoms with van der Waals surface area (Å²) in [6.45, 7) is 0. The van der Waals surface area contributed by atoms with Gasteiger partial charge in [-0.25, -0.2) is 4.79 Å². The molecule has 88 valence electrons. The van der Waals surface area contributed by atoms with E-state index in [9.17, 15) is 9.90 Å². The Labute approximate surface area is 106 Å². The fraction of sp³-hybridized carbons (Fsp3) is 0.222. The number of rotatable bonds is 3. The van der Waals surface area contributed by atoms with Crippen LogP contribution in [0.1, 0.15) is 11.7 Å². The van der Waals surface area contributed by atoms with Gasteiger partial charge in [-0.2, -0.15) is 0 Å². The first-order valence-corrected chi connectivity index (χ1v) is 5.21. The summed E-state index contributed by atoms with van der Waals surface area (Å²) in [6, 6.07) is 2.47. The van der Waals surface area contributed by atoms with Crippen molar-refractivity contribution in [2.24, 2.45) is 0 Å². The zero-order valence-corrected chi connectivity index (χ0v) is 9.96. The predicted molar refractivity (Wildman–Crippen MR) is 60.1 cm³/mol. The van der Waals surface area contributed by atoms with Crippen LogP contribution in [-0.2, 0) is 4.79 Å². The Kier molecular flexibility index (Phi) is 4.41. The molecule has 0 saturated heterocycles. The van der Waals surface area contributed by atoms with Crippen molar-refractivity contribution >= 4 is 40.8 Å². The first kappa shape index (κ1) is 13.5. The third-order valence-corrected chi connectivity index (χ3v) is 2.96. The van der Waals surface area contributed by atoms with Gasteiger partial charge in [0.1, 0.15) is 6.10 Å². The average Bonchev–Trinajstić information content (AvgIpc) is 2.21. The number of halogens is 3. The van der Waals surface area contributed by atoms with E-state index in [-0.39, 0.29) is 20.6 Å². The summed E-state index contributed by atoms with van der Waals surface area (Å²) in [5.41, 5.74) is 0.00552. The maximum absolute atomic E-state index is 10.5. The second-order valence-electron chi connectivity index (χ2n) is 3.02. The second kappa shape index (κ2) is 5.21. The molecule has 0 radical (unpaired) electrons. The zero-order chi connectivity index (χ0) is 12.5. The molecule has 1 rings (SSSR count). The summed E-state index contributed by atoms with van der Waals surface area (Å²) in [5, 5.41) is 27.5. The molecule has 0 aromatic heterocycles. The maximum Gasteiger partial charge on any atom is 0.335 e. The number of benzene rings is 1. The van der Waals surface area contributed by atoms with Crippen LogP contribution < -0.4 is 0 Å². The Morgan fingerprint density at radius 3 is 2.06 bits per heavy atom. The lowest BCUT2D eigenvalue weighted by molar-refractivity contribution is -0.153. The lowest BCUT2D eigenvalue weighted by atomic mass is 10.0. The van der Waals surface area contributed by atoms with Gasteiger partial charge in [-0.05, 0) is 12.1 Å². The Morgan fingerprint density at radius 1 is 1.06 bits per heavy atom. The molecule has 0 bridgehead atoms. The molecule has 0 aliphatic rings. The van der Waals surface area contributed by atoms with E-state index in [1.165, 1.54) is 12.1 Å². The molecule has 0 saturated carbocycles. The van der Waals surface area contributed by atoms with E-state index in [0.717, 1.165) is 0 Å². The molecule has 2 atom stereocenters. The third kappa shape index (κ3) is 2.78. The van der Waals surface area contributed by atoms with E-state index in [2.05, 4.69) is 0 Å². The van der Waals surface area contributed by atoms with Gasteiger partial charge in [-0.3, -0.25) is 0 Å². The van der Waals surface area contributed by atoms with Crippen molar-refractivity contribution in [3.8, 4) is 0 Å². The zero-order valence-electron chi connectivity index (χ0n) is 7.69. The summed E-state index contributed by atoms with van der Waals surface area (Å²) >= 11 is 17.1. The van der Waals surface area contributed by atoms with E-state index < -0.39 is 18.2 Å². The van der Waals surface area contributed by atoms with Crippen LogP contribution in [0.3, 0.4) is 0 Å². The van der Waals surface area contributed by atoms with Crippen molar-refractivity contribution in [2.75, 3.05) is 0 Å². The summed E-state index contributed by atoms with van der Waals surface area (Å²) in [7, 11) is 0. The largest absolute Gasteiger partial charge is 0.479 e. The smallest absolute Gasteiger partial charge is 0.335 e. The molecule has 0 aliphatic heterocycles. The first-order chi connectivity index (χ1) is 7.34. The Hall–Kier alpha value is -0.520. The van der Waals surface area contributed by atoms with Gasteiger partial charge in [0.2, 0.25) is 0 Å². The minimum atomic E-state index is -1.98. The average molecular weight is 286 g/mol. The van der Waals surface area contributed by atoms with Crippen LogP contribution in [0.15, 0.2) is 12.1 Å². The molecule has 0 fully saturated rings. The SMILES string of the molecule is O=C(O)C(O)C(O)c1cc(Cl)c(Cl)cc1Cl. The molecular weight excluding hydrogens is 278 g/mol. The molecule has 0 amide bonds. The fourth-order valence-corrected chi connectivity index (χ4v) is 1.74. The van der Waals surface area contributed by atoms with E-state index in [1.54, 1.807) is 0 Å². The third-order valence-electron chi connectivity index (χ3n) is 1.91. The van der Waals surface area contributed by atoms with E-state index >= 15 is 0 Å². The van der Waals surface area contributed by atoms with Crippen LogP contribution in [0.5, 0.6) is 0 Å². The molecule has 0 spiro atoms. The van der Waals surface area contributed by atoms with Crippen molar-refractivity contribution in [3.05, 3.63) is 32.8 Å². The van der Waals surface area contributed by atoms with Gasteiger partial charge < -0.3 is 15.3 Å². The second-order valence-corrected chi connectivity index (χ2v) is 4.24. The topological polar surface area (TPSA) is 77.8 Å². The Bertz CT molecular complexity index is 421. The fourth-order valence-electron chi connectivity index (χ4n) is 1.07. The maximum atomic E-state index is 10.5. The van der Waals surface area contributed by atoms with E-state index in [0.29, 0.717) is 0 Å². The minimum Gasteiger partial charge on any atom is -0.479 e. The number of aliphatic carboxylic acids is 1. The standard InChI is InChI=1S/C9H7Cl3O4/c10-4-2-6(12)5(11)1-3(4)7(13)8(14)9(15)16/h1-2,7-8,13-14H,(H,15,16). The minimum absolute atomic E-state index is 0.00552. The van der Waals surface area contributed by atoms with Gasteiger partial charge in [0.05, 0.1) is 10.0 Å². The first-order valence-electron chi connectivity index (χ1n) is 4.08. The monoisotopic (exact) mass is 284 g/mol. The lowest BCUT2D eigenvalue weighted by Gasteiger charge is -2.16. The van der Waals surface area contributed by atoms with Gasteiger partial charge in [-0.15, -0.1) is 0 Å². The van der Waals surface area contributed by atoms with Crippen molar-refractivity contribution in [1.29, 1.82) is 0 Å². The van der Waals surface area contributed by atoms with Crippen LogP contribution in [0, 0.1) is 0 Å². The highest BCUT2D eigenvalue weighted by molar-refractivity contribution is 6.43. The van der Waals surface area contributed by atoms with Crippen LogP contribution >= 0.6 is 34.8 Å². The van der Waals surface area contributed by atoms with E-state index in [4.69, 9.17) is 45.0 Å². The highest BCUT2D eigenvalue weighted by Crippen LogP contribution is 2.33. The van der Waals surface area contributed by atoms with Crippen LogP contribution in [0.4, 0.5) is 0 Å². The molecule has 0 aliphatic carbocycles. The predicted octanol–water partition coefficient (Wildman–Crippen LogP) is 2.13. The number of aliphatic hydroxyl groups excluding tert-OH is 2. The molecule has 1 aromatic carbocycles. The van der Waals surface area contributed by atoms with Gasteiger partial charge in [0.25, 0.3) is 0 Å². The Balaban J connectivity index is 3.13. The van der Waals surface area contributed by atoms with Crippen molar-refractivity contribution in [2.45, 2.75) is 12.2 Å². The quantitative estimate of drug-likeness (QED) is 0.743. The molecular formula is C9H7Cl3O4.